The van der Waals surface area contributed by atoms with Gasteiger partial charge in [0, 0.05) is 12.0 Å². The van der Waals surface area contributed by atoms with Crippen molar-refractivity contribution in [3.05, 3.63) is 70.2 Å². The monoisotopic (exact) mass is 464 g/mol. The molecule has 0 fully saturated rings. The number of aromatic nitrogens is 1. The quantitative estimate of drug-likeness (QED) is 0.500. The van der Waals surface area contributed by atoms with Crippen molar-refractivity contribution in [2.45, 2.75) is 32.0 Å². The van der Waals surface area contributed by atoms with Crippen molar-refractivity contribution in [3.8, 4) is 16.3 Å². The number of carbonyl (C=O) groups is 2. The molecule has 1 aromatic heterocycles. The molecule has 3 aromatic rings. The van der Waals surface area contributed by atoms with Crippen molar-refractivity contribution in [1.29, 1.82) is 0 Å². The van der Waals surface area contributed by atoms with Crippen LogP contribution in [0.5, 0.6) is 5.75 Å². The molecule has 0 radical (unpaired) electrons. The molecule has 0 aliphatic rings. The van der Waals surface area contributed by atoms with Crippen LogP contribution in [0.2, 0.25) is 0 Å². The predicted molar refractivity (Wildman–Crippen MR) is 112 cm³/mol. The second-order valence-electron chi connectivity index (χ2n) is 7.02. The summed E-state index contributed by atoms with van der Waals surface area (Å²) in [5, 5.41) is 9.86. The minimum absolute atomic E-state index is 0.188. The fourth-order valence-electron chi connectivity index (χ4n) is 2.98. The number of thiazole rings is 1. The van der Waals surface area contributed by atoms with Gasteiger partial charge in [0.15, 0.2) is 0 Å². The largest absolute Gasteiger partial charge is 0.488 e. The molecule has 0 bridgehead atoms. The van der Waals surface area contributed by atoms with Gasteiger partial charge in [0.1, 0.15) is 17.4 Å². The molecule has 0 aliphatic heterocycles. The van der Waals surface area contributed by atoms with E-state index in [1.165, 1.54) is 23.5 Å². The Bertz CT molecular complexity index is 1110. The third-order valence-corrected chi connectivity index (χ3v) is 5.89. The molecule has 1 amide bonds. The van der Waals surface area contributed by atoms with Crippen molar-refractivity contribution in [2.24, 2.45) is 5.73 Å². The summed E-state index contributed by atoms with van der Waals surface area (Å²) < 4.78 is 44.0. The topological polar surface area (TPSA) is 103 Å². The van der Waals surface area contributed by atoms with Crippen LogP contribution in [0.1, 0.15) is 34.0 Å². The minimum atomic E-state index is -4.39. The van der Waals surface area contributed by atoms with Crippen molar-refractivity contribution in [2.75, 3.05) is 0 Å². The smallest absolute Gasteiger partial charge is 0.416 e. The summed E-state index contributed by atoms with van der Waals surface area (Å²) in [6.45, 7) is 1.97. The highest BCUT2D eigenvalue weighted by molar-refractivity contribution is 7.15. The number of halogens is 3. The predicted octanol–water partition coefficient (Wildman–Crippen LogP) is 4.76. The van der Waals surface area contributed by atoms with E-state index >= 15 is 0 Å². The fraction of sp³-hybridized carbons (Fsp3) is 0.227. The molecule has 6 nitrogen and oxygen atoms in total. The molecule has 3 rings (SSSR count). The summed E-state index contributed by atoms with van der Waals surface area (Å²) in [5.41, 5.74) is 6.11. The lowest BCUT2D eigenvalue weighted by atomic mass is 9.95. The zero-order valence-electron chi connectivity index (χ0n) is 16.8. The number of alkyl halides is 3. The number of carboxylic acid groups (broad SMARTS) is 1. The summed E-state index contributed by atoms with van der Waals surface area (Å²) in [7, 11) is 0. The second-order valence-corrected chi connectivity index (χ2v) is 8.11. The molecule has 0 saturated heterocycles. The van der Waals surface area contributed by atoms with Gasteiger partial charge in [-0.25, -0.2) is 4.98 Å². The zero-order chi connectivity index (χ0) is 23.5. The molecule has 32 heavy (non-hydrogen) atoms. The lowest BCUT2D eigenvalue weighted by molar-refractivity contribution is -0.140. The van der Waals surface area contributed by atoms with E-state index in [-0.39, 0.29) is 13.0 Å². The summed E-state index contributed by atoms with van der Waals surface area (Å²) in [4.78, 5) is 27.7. The number of nitrogens with two attached hydrogens (primary N) is 1. The molecule has 0 aliphatic carbocycles. The first-order chi connectivity index (χ1) is 15.0. The number of aryl methyl sites for hydroxylation is 1. The fourth-order valence-corrected chi connectivity index (χ4v) is 3.96. The average Bonchev–Trinajstić information content (AvgIpc) is 3.11. The van der Waals surface area contributed by atoms with Crippen LogP contribution in [-0.4, -0.2) is 22.0 Å². The molecular formula is C22H19F3N2O4S. The number of carbonyl (C=O) groups excluding carboxylic acids is 1. The Morgan fingerprint density at radius 2 is 1.75 bits per heavy atom. The Hall–Kier alpha value is -3.40. The molecular weight excluding hydrogens is 445 g/mol. The van der Waals surface area contributed by atoms with Crippen molar-refractivity contribution in [1.82, 2.24) is 4.98 Å². The Labute approximate surface area is 185 Å². The van der Waals surface area contributed by atoms with Gasteiger partial charge in [0.2, 0.25) is 5.91 Å². The molecule has 168 valence electrons. The zero-order valence-corrected chi connectivity index (χ0v) is 17.7. The second kappa shape index (κ2) is 9.39. The number of nitrogens with zero attached hydrogens (tertiary/aromatic N) is 1. The highest BCUT2D eigenvalue weighted by Crippen LogP contribution is 2.33. The normalized spacial score (nSPS) is 12.4. The van der Waals surface area contributed by atoms with Crippen LogP contribution in [0.25, 0.3) is 10.6 Å². The number of hydrogen-bond acceptors (Lipinski definition) is 5. The highest BCUT2D eigenvalue weighted by atomic mass is 32.1. The Kier molecular flexibility index (Phi) is 6.83. The number of rotatable bonds is 8. The summed E-state index contributed by atoms with van der Waals surface area (Å²) in [6, 6.07) is 11.1. The van der Waals surface area contributed by atoms with Crippen LogP contribution in [0.15, 0.2) is 48.5 Å². The van der Waals surface area contributed by atoms with Crippen LogP contribution in [0, 0.1) is 6.92 Å². The van der Waals surface area contributed by atoms with Gasteiger partial charge < -0.3 is 15.6 Å². The third-order valence-electron chi connectivity index (χ3n) is 4.71. The number of amides is 1. The van der Waals surface area contributed by atoms with Crippen molar-refractivity contribution in [3.63, 3.8) is 0 Å². The van der Waals surface area contributed by atoms with Crippen molar-refractivity contribution < 1.29 is 32.6 Å². The molecule has 1 unspecified atom stereocenters. The van der Waals surface area contributed by atoms with Crippen LogP contribution >= 0.6 is 11.3 Å². The van der Waals surface area contributed by atoms with Gasteiger partial charge in [-0.1, -0.05) is 24.3 Å². The van der Waals surface area contributed by atoms with Crippen molar-refractivity contribution >= 4 is 23.2 Å². The lowest BCUT2D eigenvalue weighted by Crippen LogP contribution is -2.20. The Morgan fingerprint density at radius 3 is 2.28 bits per heavy atom. The van der Waals surface area contributed by atoms with E-state index in [0.29, 0.717) is 27.6 Å². The number of primary amides is 1. The first-order valence-electron chi connectivity index (χ1n) is 9.42. The molecule has 1 atom stereocenters. The van der Waals surface area contributed by atoms with Crippen LogP contribution < -0.4 is 10.5 Å². The maximum atomic E-state index is 12.7. The van der Waals surface area contributed by atoms with E-state index in [4.69, 9.17) is 10.5 Å². The molecule has 0 saturated carbocycles. The number of benzene rings is 2. The number of hydrogen-bond donors (Lipinski definition) is 2. The van der Waals surface area contributed by atoms with Crippen LogP contribution in [-0.2, 0) is 22.4 Å². The molecule has 3 N–H and O–H groups in total. The van der Waals surface area contributed by atoms with Crippen LogP contribution in [0.3, 0.4) is 0 Å². The molecule has 2 aromatic carbocycles. The summed E-state index contributed by atoms with van der Waals surface area (Å²) >= 11 is 1.32. The maximum absolute atomic E-state index is 12.7. The van der Waals surface area contributed by atoms with Gasteiger partial charge in [-0.05, 0) is 36.8 Å². The van der Waals surface area contributed by atoms with E-state index in [0.717, 1.165) is 17.0 Å². The highest BCUT2D eigenvalue weighted by Gasteiger charge is 2.30. The van der Waals surface area contributed by atoms with Gasteiger partial charge in [0.05, 0.1) is 22.1 Å². The first-order valence-corrected chi connectivity index (χ1v) is 10.2. The van der Waals surface area contributed by atoms with Crippen LogP contribution in [0.4, 0.5) is 13.2 Å². The van der Waals surface area contributed by atoms with E-state index < -0.39 is 29.5 Å². The third kappa shape index (κ3) is 5.64. The number of ether oxygens (including phenoxy) is 1. The van der Waals surface area contributed by atoms with Gasteiger partial charge in [-0.3, -0.25) is 9.59 Å². The lowest BCUT2D eigenvalue weighted by Gasteiger charge is -2.12. The van der Waals surface area contributed by atoms with Gasteiger partial charge in [-0.15, -0.1) is 11.3 Å². The Balaban J connectivity index is 1.68. The van der Waals surface area contributed by atoms with Gasteiger partial charge >= 0.3 is 12.1 Å². The summed E-state index contributed by atoms with van der Waals surface area (Å²) in [6.07, 6.45) is -4.70. The number of aliphatic carboxylic acids is 1. The first kappa shape index (κ1) is 23.3. The minimum Gasteiger partial charge on any atom is -0.488 e. The van der Waals surface area contributed by atoms with E-state index in [1.807, 2.05) is 0 Å². The number of carboxylic acids is 1. The summed E-state index contributed by atoms with van der Waals surface area (Å²) in [5.74, 6) is -2.40. The SMILES string of the molecule is Cc1nc(-c2ccc(C(F)(F)F)cc2)sc1COc1ccc(C(CC(N)=O)C(=O)O)cc1. The maximum Gasteiger partial charge on any atom is 0.416 e. The molecule has 10 heteroatoms. The van der Waals surface area contributed by atoms with E-state index in [9.17, 15) is 27.9 Å². The molecule has 1 heterocycles. The van der Waals surface area contributed by atoms with E-state index in [2.05, 4.69) is 4.98 Å². The standard InChI is InChI=1S/C22H19F3N2O4S/c1-12-18(32-20(27-12)14-2-6-15(7-3-14)22(23,24)25)11-31-16-8-4-13(5-9-16)17(21(29)30)10-19(26)28/h2-9,17H,10-11H2,1H3,(H2,26,28)(H,29,30). The Morgan fingerprint density at radius 1 is 1.12 bits per heavy atom. The van der Waals surface area contributed by atoms with Gasteiger partial charge in [-0.2, -0.15) is 13.2 Å². The average molecular weight is 464 g/mol. The van der Waals surface area contributed by atoms with Gasteiger partial charge in [0.25, 0.3) is 0 Å². The van der Waals surface area contributed by atoms with E-state index in [1.54, 1.807) is 31.2 Å². The molecule has 0 spiro atoms.